The van der Waals surface area contributed by atoms with Crippen LogP contribution in [0.2, 0.25) is 0 Å². The topological polar surface area (TPSA) is 122 Å². The molecular formula is C19H24F3N5O4. The summed E-state index contributed by atoms with van der Waals surface area (Å²) < 4.78 is 46.5. The van der Waals surface area contributed by atoms with Gasteiger partial charge in [-0.25, -0.2) is 9.78 Å². The number of carbonyl (C=O) groups excluding carboxylic acids is 2. The van der Waals surface area contributed by atoms with E-state index in [0.717, 1.165) is 25.0 Å². The molecule has 1 aliphatic carbocycles. The van der Waals surface area contributed by atoms with Crippen LogP contribution in [0.3, 0.4) is 0 Å². The number of carbonyl (C=O) groups is 2. The molecule has 2 aromatic rings. The minimum Gasteiger partial charge on any atom is -0.449 e. The number of halogens is 3. The number of hydrogen-bond donors (Lipinski definition) is 3. The van der Waals surface area contributed by atoms with Gasteiger partial charge in [-0.15, -0.1) is 0 Å². The van der Waals surface area contributed by atoms with Crippen LogP contribution < -0.4 is 10.6 Å². The molecule has 0 aromatic carbocycles. The van der Waals surface area contributed by atoms with Crippen molar-refractivity contribution in [2.45, 2.75) is 51.1 Å². The molecule has 12 heteroatoms. The first-order valence-electron chi connectivity index (χ1n) is 9.92. The Kier molecular flexibility index (Phi) is 7.18. The molecule has 0 aliphatic heterocycles. The molecule has 1 fully saturated rings. The van der Waals surface area contributed by atoms with Gasteiger partial charge in [-0.2, -0.15) is 18.3 Å². The van der Waals surface area contributed by atoms with Crippen molar-refractivity contribution >= 4 is 17.8 Å². The van der Waals surface area contributed by atoms with Crippen molar-refractivity contribution in [3.05, 3.63) is 29.6 Å². The maximum absolute atomic E-state index is 12.1. The largest absolute Gasteiger partial charge is 0.449 e. The van der Waals surface area contributed by atoms with E-state index in [0.29, 0.717) is 17.5 Å². The number of anilines is 1. The Bertz CT molecular complexity index is 895. The Balaban J connectivity index is 1.38. The van der Waals surface area contributed by atoms with Crippen molar-refractivity contribution < 1.29 is 31.9 Å². The first-order valence-corrected chi connectivity index (χ1v) is 9.92. The molecule has 1 saturated carbocycles. The van der Waals surface area contributed by atoms with Crippen molar-refractivity contribution in [3.8, 4) is 0 Å². The third-order valence-electron chi connectivity index (χ3n) is 4.96. The number of aromatic amines is 1. The summed E-state index contributed by atoms with van der Waals surface area (Å²) in [5, 5.41) is 11.8. The molecule has 2 atom stereocenters. The van der Waals surface area contributed by atoms with E-state index >= 15 is 0 Å². The third kappa shape index (κ3) is 7.30. The molecule has 0 bridgehead atoms. The van der Waals surface area contributed by atoms with Gasteiger partial charge in [0.25, 0.3) is 0 Å². The highest BCUT2D eigenvalue weighted by Gasteiger charge is 2.29. The number of rotatable bonds is 8. The number of alkyl halides is 3. The fourth-order valence-corrected chi connectivity index (χ4v) is 3.48. The van der Waals surface area contributed by atoms with Crippen LogP contribution in [0.5, 0.6) is 0 Å². The lowest BCUT2D eigenvalue weighted by Crippen LogP contribution is -2.29. The van der Waals surface area contributed by atoms with E-state index in [-0.39, 0.29) is 30.8 Å². The minimum atomic E-state index is -4.32. The number of amides is 2. The molecule has 0 radical (unpaired) electrons. The lowest BCUT2D eigenvalue weighted by molar-refractivity contribution is -0.133. The third-order valence-corrected chi connectivity index (χ3v) is 4.96. The second-order valence-corrected chi connectivity index (χ2v) is 7.56. The van der Waals surface area contributed by atoms with Crippen LogP contribution in [0.25, 0.3) is 0 Å². The number of ether oxygens (including phenoxy) is 1. The minimum absolute atomic E-state index is 0.00388. The van der Waals surface area contributed by atoms with Gasteiger partial charge < -0.3 is 19.8 Å². The van der Waals surface area contributed by atoms with Crippen LogP contribution >= 0.6 is 0 Å². The van der Waals surface area contributed by atoms with Crippen molar-refractivity contribution in [3.63, 3.8) is 0 Å². The standard InChI is InChI=1S/C19H24F3N5O4/c1-11-9-24-17(31-11)8-16(28)25-15-7-14(26-27-15)13-3-2-12(6-13)10-30-18(29)23-5-4-19(20,21)22/h7,9,12-13H,2-6,8,10H2,1H3,(H,23,29)(H2,25,26,27,28)/t12-,13+/m1/s1. The highest BCUT2D eigenvalue weighted by atomic mass is 19.4. The zero-order valence-electron chi connectivity index (χ0n) is 16.9. The summed E-state index contributed by atoms with van der Waals surface area (Å²) in [6.45, 7) is 1.38. The number of nitrogens with zero attached hydrogens (tertiary/aromatic N) is 2. The van der Waals surface area contributed by atoms with Crippen molar-refractivity contribution in [2.24, 2.45) is 5.92 Å². The van der Waals surface area contributed by atoms with Gasteiger partial charge in [0.05, 0.1) is 19.2 Å². The number of oxazole rings is 1. The zero-order valence-corrected chi connectivity index (χ0v) is 16.9. The van der Waals surface area contributed by atoms with Gasteiger partial charge in [0, 0.05) is 24.2 Å². The molecule has 0 unspecified atom stereocenters. The van der Waals surface area contributed by atoms with Gasteiger partial charge in [0.1, 0.15) is 12.2 Å². The molecule has 31 heavy (non-hydrogen) atoms. The molecular weight excluding hydrogens is 419 g/mol. The van der Waals surface area contributed by atoms with E-state index in [1.807, 2.05) is 0 Å². The molecule has 0 spiro atoms. The summed E-state index contributed by atoms with van der Waals surface area (Å²) in [7, 11) is 0. The molecule has 2 heterocycles. The molecule has 2 amide bonds. The highest BCUT2D eigenvalue weighted by molar-refractivity contribution is 5.90. The van der Waals surface area contributed by atoms with Gasteiger partial charge in [-0.3, -0.25) is 9.89 Å². The Hall–Kier alpha value is -3.05. The number of alkyl carbamates (subject to hydrolysis) is 1. The summed E-state index contributed by atoms with van der Waals surface area (Å²) >= 11 is 0. The molecule has 2 aromatic heterocycles. The summed E-state index contributed by atoms with van der Waals surface area (Å²) in [4.78, 5) is 27.6. The van der Waals surface area contributed by atoms with Gasteiger partial charge in [0.15, 0.2) is 5.82 Å². The predicted octanol–water partition coefficient (Wildman–Crippen LogP) is 3.45. The van der Waals surface area contributed by atoms with E-state index in [2.05, 4.69) is 25.8 Å². The Morgan fingerprint density at radius 1 is 1.35 bits per heavy atom. The Morgan fingerprint density at radius 2 is 2.16 bits per heavy atom. The van der Waals surface area contributed by atoms with Gasteiger partial charge in [-0.05, 0) is 32.1 Å². The van der Waals surface area contributed by atoms with E-state index in [1.54, 1.807) is 19.2 Å². The van der Waals surface area contributed by atoms with Crippen LogP contribution in [0.4, 0.5) is 23.8 Å². The maximum atomic E-state index is 12.1. The van der Waals surface area contributed by atoms with Crippen molar-refractivity contribution in [1.29, 1.82) is 0 Å². The average molecular weight is 443 g/mol. The van der Waals surface area contributed by atoms with Crippen molar-refractivity contribution in [1.82, 2.24) is 20.5 Å². The summed E-state index contributed by atoms with van der Waals surface area (Å²) in [6.07, 6.45) is -2.32. The van der Waals surface area contributed by atoms with Crippen LogP contribution in [-0.2, 0) is 16.0 Å². The highest BCUT2D eigenvalue weighted by Crippen LogP contribution is 2.38. The van der Waals surface area contributed by atoms with Gasteiger partial charge in [0.2, 0.25) is 11.8 Å². The first kappa shape index (κ1) is 22.6. The quantitative estimate of drug-likeness (QED) is 0.574. The molecule has 1 aliphatic rings. The van der Waals surface area contributed by atoms with E-state index in [9.17, 15) is 22.8 Å². The SMILES string of the molecule is Cc1cnc(CC(=O)Nc2cc([C@H]3CC[C@@H](COC(=O)NCCC(F)(F)F)C3)[nH]n2)o1. The maximum Gasteiger partial charge on any atom is 0.407 e. The number of aryl methyl sites for hydroxylation is 1. The fraction of sp³-hybridized carbons (Fsp3) is 0.579. The summed E-state index contributed by atoms with van der Waals surface area (Å²) in [5.41, 5.74) is 0.861. The molecule has 170 valence electrons. The van der Waals surface area contributed by atoms with Gasteiger partial charge >= 0.3 is 12.3 Å². The van der Waals surface area contributed by atoms with Gasteiger partial charge in [-0.1, -0.05) is 0 Å². The van der Waals surface area contributed by atoms with Crippen LogP contribution in [0.15, 0.2) is 16.7 Å². The fourth-order valence-electron chi connectivity index (χ4n) is 3.48. The van der Waals surface area contributed by atoms with Crippen molar-refractivity contribution in [2.75, 3.05) is 18.5 Å². The number of hydrogen-bond acceptors (Lipinski definition) is 6. The van der Waals surface area contributed by atoms with Crippen LogP contribution in [0, 0.1) is 12.8 Å². The Labute approximate surface area is 176 Å². The first-order chi connectivity index (χ1) is 14.7. The average Bonchev–Trinajstić information content (AvgIpc) is 3.40. The second-order valence-electron chi connectivity index (χ2n) is 7.56. The number of aromatic nitrogens is 3. The Morgan fingerprint density at radius 3 is 2.87 bits per heavy atom. The van der Waals surface area contributed by atoms with E-state index in [4.69, 9.17) is 9.15 Å². The van der Waals surface area contributed by atoms with Crippen LogP contribution in [0.1, 0.15) is 48.9 Å². The molecule has 0 saturated heterocycles. The normalized spacial score (nSPS) is 18.7. The molecule has 3 rings (SSSR count). The van der Waals surface area contributed by atoms with E-state index in [1.165, 1.54) is 0 Å². The zero-order chi connectivity index (χ0) is 22.4. The molecule has 9 nitrogen and oxygen atoms in total. The lowest BCUT2D eigenvalue weighted by atomic mass is 10.0. The number of H-pyrrole nitrogens is 1. The van der Waals surface area contributed by atoms with Crippen LogP contribution in [-0.4, -0.2) is 46.5 Å². The second kappa shape index (κ2) is 9.84. The van der Waals surface area contributed by atoms with E-state index < -0.39 is 25.2 Å². The summed E-state index contributed by atoms with van der Waals surface area (Å²) in [5.74, 6) is 1.32. The number of nitrogens with one attached hydrogen (secondary N) is 3. The lowest BCUT2D eigenvalue weighted by Gasteiger charge is -2.12. The monoisotopic (exact) mass is 443 g/mol. The summed E-state index contributed by atoms with van der Waals surface area (Å²) in [6, 6.07) is 1.76. The predicted molar refractivity (Wildman–Crippen MR) is 102 cm³/mol. The molecule has 3 N–H and O–H groups in total. The smallest absolute Gasteiger partial charge is 0.407 e.